The van der Waals surface area contributed by atoms with Crippen LogP contribution in [0.5, 0.6) is 0 Å². The molecule has 2 rings (SSSR count). The number of unbranched alkanes of at least 4 members (excludes halogenated alkanes) is 9. The molecular weight excluding hydrogens is 423 g/mol. The van der Waals surface area contributed by atoms with Crippen LogP contribution in [0.15, 0.2) is 60.7 Å². The third-order valence-electron chi connectivity index (χ3n) is 5.21. The van der Waals surface area contributed by atoms with E-state index in [0.717, 1.165) is 23.3 Å². The highest BCUT2D eigenvalue weighted by Crippen LogP contribution is 2.61. The molecular formula is C26H39O3PS. The van der Waals surface area contributed by atoms with E-state index in [1.54, 1.807) is 0 Å². The molecule has 0 bridgehead atoms. The summed E-state index contributed by atoms with van der Waals surface area (Å²) in [6.07, 6.45) is 13.0. The van der Waals surface area contributed by atoms with Crippen LogP contribution in [0.3, 0.4) is 0 Å². The standard InChI is InChI=1S/C26H39O3PS/c1-2-3-4-5-6-7-8-9-10-17-22-31-30(27,28-23-25-18-13-11-14-19-25)29-24-26-20-15-12-16-21-26/h11-16,18-21H,2-10,17,22-24H2,1H3. The first-order valence-electron chi connectivity index (χ1n) is 11.8. The third kappa shape index (κ3) is 12.5. The van der Waals surface area contributed by atoms with Gasteiger partial charge in [0.15, 0.2) is 0 Å². The van der Waals surface area contributed by atoms with Crippen LogP contribution < -0.4 is 0 Å². The van der Waals surface area contributed by atoms with E-state index in [4.69, 9.17) is 9.05 Å². The molecule has 31 heavy (non-hydrogen) atoms. The average molecular weight is 463 g/mol. The highest BCUT2D eigenvalue weighted by molar-refractivity contribution is 8.55. The second kappa shape index (κ2) is 16.6. The van der Waals surface area contributed by atoms with Gasteiger partial charge >= 0.3 is 6.80 Å². The van der Waals surface area contributed by atoms with E-state index in [0.29, 0.717) is 13.2 Å². The van der Waals surface area contributed by atoms with Gasteiger partial charge in [0.2, 0.25) is 0 Å². The third-order valence-corrected chi connectivity index (χ3v) is 9.02. The summed E-state index contributed by atoms with van der Waals surface area (Å²) in [7, 11) is 0. The molecule has 0 amide bonds. The van der Waals surface area contributed by atoms with Crippen LogP contribution in [0.1, 0.15) is 82.3 Å². The molecule has 3 nitrogen and oxygen atoms in total. The maximum absolute atomic E-state index is 13.3. The molecule has 2 aromatic rings. The maximum Gasteiger partial charge on any atom is 0.389 e. The molecule has 0 saturated carbocycles. The van der Waals surface area contributed by atoms with E-state index in [1.807, 2.05) is 60.7 Å². The summed E-state index contributed by atoms with van der Waals surface area (Å²) in [5.74, 6) is 0.803. The highest BCUT2D eigenvalue weighted by Gasteiger charge is 2.25. The number of rotatable bonds is 18. The molecule has 0 atom stereocenters. The molecule has 0 fully saturated rings. The van der Waals surface area contributed by atoms with Crippen LogP contribution >= 0.6 is 18.2 Å². The van der Waals surface area contributed by atoms with Gasteiger partial charge in [0, 0.05) is 5.75 Å². The lowest BCUT2D eigenvalue weighted by molar-refractivity contribution is 0.207. The zero-order chi connectivity index (χ0) is 22.0. The zero-order valence-electron chi connectivity index (χ0n) is 19.0. The van der Waals surface area contributed by atoms with E-state index in [2.05, 4.69) is 6.92 Å². The smallest absolute Gasteiger partial charge is 0.296 e. The molecule has 0 saturated heterocycles. The van der Waals surface area contributed by atoms with Crippen molar-refractivity contribution in [2.24, 2.45) is 0 Å². The minimum absolute atomic E-state index is 0.304. The van der Waals surface area contributed by atoms with Crippen molar-refractivity contribution in [3.63, 3.8) is 0 Å². The number of hydrogen-bond acceptors (Lipinski definition) is 4. The topological polar surface area (TPSA) is 35.5 Å². The zero-order valence-corrected chi connectivity index (χ0v) is 20.8. The molecule has 172 valence electrons. The van der Waals surface area contributed by atoms with Crippen molar-refractivity contribution in [2.75, 3.05) is 5.75 Å². The predicted octanol–water partition coefficient (Wildman–Crippen LogP) is 9.18. The van der Waals surface area contributed by atoms with Gasteiger partial charge < -0.3 is 0 Å². The summed E-state index contributed by atoms with van der Waals surface area (Å²) in [5.41, 5.74) is 2.01. The van der Waals surface area contributed by atoms with Gasteiger partial charge in [-0.1, -0.05) is 125 Å². The SMILES string of the molecule is CCCCCCCCCCCCSP(=O)(OCc1ccccc1)OCc1ccccc1. The van der Waals surface area contributed by atoms with E-state index in [9.17, 15) is 4.57 Å². The summed E-state index contributed by atoms with van der Waals surface area (Å²) in [4.78, 5) is 0. The lowest BCUT2D eigenvalue weighted by Crippen LogP contribution is -1.96. The van der Waals surface area contributed by atoms with Crippen LogP contribution in [0, 0.1) is 0 Å². The van der Waals surface area contributed by atoms with Crippen molar-refractivity contribution in [2.45, 2.75) is 84.3 Å². The van der Waals surface area contributed by atoms with E-state index < -0.39 is 6.80 Å². The molecule has 5 heteroatoms. The summed E-state index contributed by atoms with van der Waals surface area (Å²) in [6, 6.07) is 19.7. The second-order valence-corrected chi connectivity index (χ2v) is 12.2. The minimum Gasteiger partial charge on any atom is -0.296 e. The van der Waals surface area contributed by atoms with Gasteiger partial charge in [0.05, 0.1) is 13.2 Å². The fourth-order valence-electron chi connectivity index (χ4n) is 3.33. The first-order valence-corrected chi connectivity index (χ1v) is 15.0. The largest absolute Gasteiger partial charge is 0.389 e. The van der Waals surface area contributed by atoms with Gasteiger partial charge in [-0.25, -0.2) is 4.57 Å². The Hall–Kier alpha value is -1.06. The van der Waals surface area contributed by atoms with Gasteiger partial charge in [0.25, 0.3) is 0 Å². The summed E-state index contributed by atoms with van der Waals surface area (Å²) >= 11 is 1.35. The van der Waals surface area contributed by atoms with Crippen LogP contribution in [0.4, 0.5) is 0 Å². The van der Waals surface area contributed by atoms with E-state index >= 15 is 0 Å². The molecule has 0 aliphatic carbocycles. The Balaban J connectivity index is 1.69. The van der Waals surface area contributed by atoms with Crippen molar-refractivity contribution < 1.29 is 13.6 Å². The Bertz CT molecular complexity index is 676. The van der Waals surface area contributed by atoms with Gasteiger partial charge in [-0.05, 0) is 28.9 Å². The molecule has 0 spiro atoms. The Morgan fingerprint density at radius 3 is 1.52 bits per heavy atom. The summed E-state index contributed by atoms with van der Waals surface area (Å²) in [5, 5.41) is 0. The summed E-state index contributed by atoms with van der Waals surface area (Å²) in [6.45, 7) is -0.343. The lowest BCUT2D eigenvalue weighted by atomic mass is 10.1. The van der Waals surface area contributed by atoms with Crippen molar-refractivity contribution in [1.29, 1.82) is 0 Å². The van der Waals surface area contributed by atoms with Gasteiger partial charge in [0.1, 0.15) is 0 Å². The van der Waals surface area contributed by atoms with Gasteiger partial charge in [-0.3, -0.25) is 9.05 Å². The molecule has 0 aromatic heterocycles. The van der Waals surface area contributed by atoms with Crippen molar-refractivity contribution in [3.05, 3.63) is 71.8 Å². The number of hydrogen-bond donors (Lipinski definition) is 0. The lowest BCUT2D eigenvalue weighted by Gasteiger charge is -2.18. The monoisotopic (exact) mass is 462 g/mol. The van der Waals surface area contributed by atoms with Gasteiger partial charge in [-0.15, -0.1) is 0 Å². The van der Waals surface area contributed by atoms with Crippen LogP contribution in [0.25, 0.3) is 0 Å². The average Bonchev–Trinajstić information content (AvgIpc) is 2.81. The summed E-state index contributed by atoms with van der Waals surface area (Å²) < 4.78 is 25.0. The van der Waals surface area contributed by atoms with E-state index in [1.165, 1.54) is 69.2 Å². The molecule has 0 aliphatic rings. The fourth-order valence-corrected chi connectivity index (χ4v) is 6.55. The molecule has 0 aliphatic heterocycles. The van der Waals surface area contributed by atoms with Crippen molar-refractivity contribution >= 4 is 18.2 Å². The molecule has 0 radical (unpaired) electrons. The van der Waals surface area contributed by atoms with Crippen molar-refractivity contribution in [3.8, 4) is 0 Å². The second-order valence-electron chi connectivity index (χ2n) is 7.98. The fraction of sp³-hybridized carbons (Fsp3) is 0.538. The molecule has 0 N–H and O–H groups in total. The Labute approximate surface area is 193 Å². The van der Waals surface area contributed by atoms with Crippen LogP contribution in [-0.2, 0) is 26.8 Å². The Morgan fingerprint density at radius 2 is 1.06 bits per heavy atom. The first kappa shape index (κ1) is 26.2. The minimum atomic E-state index is -3.21. The highest BCUT2D eigenvalue weighted by atomic mass is 32.7. The Morgan fingerprint density at radius 1 is 0.645 bits per heavy atom. The normalized spacial score (nSPS) is 11.6. The molecule has 2 aromatic carbocycles. The predicted molar refractivity (Wildman–Crippen MR) is 134 cm³/mol. The van der Waals surface area contributed by atoms with Crippen molar-refractivity contribution in [1.82, 2.24) is 0 Å². The van der Waals surface area contributed by atoms with E-state index in [-0.39, 0.29) is 0 Å². The number of benzene rings is 2. The van der Waals surface area contributed by atoms with Crippen LogP contribution in [0.2, 0.25) is 0 Å². The Kier molecular flexibility index (Phi) is 14.0. The molecule has 0 unspecified atom stereocenters. The first-order chi connectivity index (χ1) is 15.2. The van der Waals surface area contributed by atoms with Crippen LogP contribution in [-0.4, -0.2) is 5.75 Å². The maximum atomic E-state index is 13.3. The quantitative estimate of drug-likeness (QED) is 0.163. The van der Waals surface area contributed by atoms with Gasteiger partial charge in [-0.2, -0.15) is 0 Å². The molecule has 0 heterocycles.